The number of hydrogen-bond donors (Lipinski definition) is 0. The third-order valence-electron chi connectivity index (χ3n) is 4.53. The highest BCUT2D eigenvalue weighted by Crippen LogP contribution is 2.26. The fraction of sp³-hybridized carbons (Fsp3) is 0.474. The van der Waals surface area contributed by atoms with Crippen molar-refractivity contribution in [1.82, 2.24) is 14.5 Å². The zero-order valence-electron chi connectivity index (χ0n) is 14.6. The molecule has 3 rings (SSSR count). The van der Waals surface area contributed by atoms with Gasteiger partial charge in [-0.05, 0) is 18.4 Å². The van der Waals surface area contributed by atoms with Gasteiger partial charge in [-0.2, -0.15) is 0 Å². The lowest BCUT2D eigenvalue weighted by Gasteiger charge is -2.32. The highest BCUT2D eigenvalue weighted by atomic mass is 16.6. The molecule has 134 valence electrons. The maximum Gasteiger partial charge on any atom is 0.410 e. The molecule has 2 heterocycles. The topological polar surface area (TPSA) is 56.6 Å². The number of methoxy groups -OCH3 is 1. The summed E-state index contributed by atoms with van der Waals surface area (Å²) in [5, 5.41) is 0. The van der Waals surface area contributed by atoms with Gasteiger partial charge in [-0.15, -0.1) is 0 Å². The van der Waals surface area contributed by atoms with E-state index < -0.39 is 0 Å². The number of ether oxygens (including phenoxy) is 2. The Morgan fingerprint density at radius 1 is 1.32 bits per heavy atom. The number of nitrogens with zero attached hydrogens (tertiary/aromatic N) is 3. The van der Waals surface area contributed by atoms with Crippen LogP contribution < -0.4 is 0 Å². The number of amides is 1. The molecule has 1 aliphatic heterocycles. The number of carbonyl (C=O) groups is 1. The molecule has 0 unspecified atom stereocenters. The van der Waals surface area contributed by atoms with Crippen LogP contribution >= 0.6 is 0 Å². The summed E-state index contributed by atoms with van der Waals surface area (Å²) in [5.74, 6) is 1.27. The van der Waals surface area contributed by atoms with E-state index >= 15 is 0 Å². The molecule has 1 saturated heterocycles. The summed E-state index contributed by atoms with van der Waals surface area (Å²) < 4.78 is 12.7. The molecule has 1 amide bonds. The van der Waals surface area contributed by atoms with Crippen molar-refractivity contribution in [1.29, 1.82) is 0 Å². The maximum atomic E-state index is 12.4. The summed E-state index contributed by atoms with van der Waals surface area (Å²) >= 11 is 0. The molecule has 1 aromatic heterocycles. The first-order chi connectivity index (χ1) is 12.3. The second kappa shape index (κ2) is 8.67. The Bertz CT molecular complexity index is 672. The van der Waals surface area contributed by atoms with Crippen LogP contribution in [0, 0.1) is 0 Å². The molecular formula is C19H25N3O3. The molecule has 1 aliphatic rings. The molecule has 0 bridgehead atoms. The van der Waals surface area contributed by atoms with E-state index in [1.54, 1.807) is 12.0 Å². The number of hydrogen-bond acceptors (Lipinski definition) is 4. The smallest absolute Gasteiger partial charge is 0.410 e. The minimum Gasteiger partial charge on any atom is -0.445 e. The van der Waals surface area contributed by atoms with Gasteiger partial charge in [0.15, 0.2) is 0 Å². The predicted molar refractivity (Wildman–Crippen MR) is 94.3 cm³/mol. The Morgan fingerprint density at radius 2 is 2.16 bits per heavy atom. The van der Waals surface area contributed by atoms with Crippen molar-refractivity contribution in [2.45, 2.75) is 31.9 Å². The molecule has 25 heavy (non-hydrogen) atoms. The maximum absolute atomic E-state index is 12.4. The highest BCUT2D eigenvalue weighted by Gasteiger charge is 2.28. The van der Waals surface area contributed by atoms with Gasteiger partial charge in [0, 0.05) is 45.1 Å². The van der Waals surface area contributed by atoms with E-state index in [1.807, 2.05) is 42.7 Å². The van der Waals surface area contributed by atoms with E-state index in [0.29, 0.717) is 19.8 Å². The number of piperidine rings is 1. The first-order valence-corrected chi connectivity index (χ1v) is 8.73. The van der Waals surface area contributed by atoms with Gasteiger partial charge in [0.05, 0.1) is 6.61 Å². The fourth-order valence-electron chi connectivity index (χ4n) is 3.22. The molecule has 6 nitrogen and oxygen atoms in total. The van der Waals surface area contributed by atoms with Crippen LogP contribution in [0.25, 0.3) is 0 Å². The molecule has 0 spiro atoms. The van der Waals surface area contributed by atoms with Crippen LogP contribution in [0.5, 0.6) is 0 Å². The standard InChI is InChI=1S/C19H25N3O3/c1-24-13-12-21-11-9-20-18(21)17-8-5-10-22(14-17)19(23)25-15-16-6-3-2-4-7-16/h2-4,6-7,9,11,17H,5,8,10,12-15H2,1H3/t17-/m1/s1. The van der Waals surface area contributed by atoms with Gasteiger partial charge >= 0.3 is 6.09 Å². The largest absolute Gasteiger partial charge is 0.445 e. The van der Waals surface area contributed by atoms with Crippen molar-refractivity contribution >= 4 is 6.09 Å². The van der Waals surface area contributed by atoms with Gasteiger partial charge < -0.3 is 18.9 Å². The summed E-state index contributed by atoms with van der Waals surface area (Å²) in [6.45, 7) is 3.13. The van der Waals surface area contributed by atoms with Crippen LogP contribution in [-0.2, 0) is 22.6 Å². The van der Waals surface area contributed by atoms with Gasteiger partial charge in [0.1, 0.15) is 12.4 Å². The lowest BCUT2D eigenvalue weighted by molar-refractivity contribution is 0.0849. The van der Waals surface area contributed by atoms with Crippen LogP contribution in [-0.4, -0.2) is 47.4 Å². The molecule has 1 fully saturated rings. The van der Waals surface area contributed by atoms with Crippen LogP contribution in [0.15, 0.2) is 42.7 Å². The Labute approximate surface area is 148 Å². The van der Waals surface area contributed by atoms with Crippen LogP contribution in [0.1, 0.15) is 30.1 Å². The van der Waals surface area contributed by atoms with E-state index in [0.717, 1.165) is 37.3 Å². The predicted octanol–water partition coefficient (Wildman–Crippen LogP) is 3.05. The molecule has 1 atom stereocenters. The minimum absolute atomic E-state index is 0.241. The fourth-order valence-corrected chi connectivity index (χ4v) is 3.22. The third kappa shape index (κ3) is 4.60. The number of aromatic nitrogens is 2. The molecule has 0 radical (unpaired) electrons. The normalized spacial score (nSPS) is 17.5. The first kappa shape index (κ1) is 17.5. The summed E-state index contributed by atoms with van der Waals surface area (Å²) in [4.78, 5) is 18.7. The molecule has 0 saturated carbocycles. The number of rotatable bonds is 6. The number of imidazole rings is 1. The average molecular weight is 343 g/mol. The lowest BCUT2D eigenvalue weighted by Crippen LogP contribution is -2.40. The second-order valence-electron chi connectivity index (χ2n) is 6.30. The van der Waals surface area contributed by atoms with Gasteiger partial charge in [-0.1, -0.05) is 30.3 Å². The quantitative estimate of drug-likeness (QED) is 0.809. The van der Waals surface area contributed by atoms with Gasteiger partial charge in [0.2, 0.25) is 0 Å². The van der Waals surface area contributed by atoms with Gasteiger partial charge in [-0.25, -0.2) is 9.78 Å². The van der Waals surface area contributed by atoms with Gasteiger partial charge in [-0.3, -0.25) is 0 Å². The second-order valence-corrected chi connectivity index (χ2v) is 6.30. The Hall–Kier alpha value is -2.34. The Balaban J connectivity index is 1.57. The molecule has 2 aromatic rings. The van der Waals surface area contributed by atoms with Crippen LogP contribution in [0.4, 0.5) is 4.79 Å². The zero-order valence-corrected chi connectivity index (χ0v) is 14.6. The molecule has 1 aromatic carbocycles. The van der Waals surface area contributed by atoms with Crippen LogP contribution in [0.2, 0.25) is 0 Å². The Kier molecular flexibility index (Phi) is 6.06. The number of benzene rings is 1. The van der Waals surface area contributed by atoms with Gasteiger partial charge in [0.25, 0.3) is 0 Å². The summed E-state index contributed by atoms with van der Waals surface area (Å²) in [6.07, 6.45) is 5.54. The number of carbonyl (C=O) groups excluding carboxylic acids is 1. The highest BCUT2D eigenvalue weighted by molar-refractivity contribution is 5.67. The Morgan fingerprint density at radius 3 is 2.96 bits per heavy atom. The van der Waals surface area contributed by atoms with Crippen molar-refractivity contribution < 1.29 is 14.3 Å². The monoisotopic (exact) mass is 343 g/mol. The van der Waals surface area contributed by atoms with Crippen molar-refractivity contribution in [3.8, 4) is 0 Å². The van der Waals surface area contributed by atoms with Crippen molar-refractivity contribution in [3.63, 3.8) is 0 Å². The molecular weight excluding hydrogens is 318 g/mol. The van der Waals surface area contributed by atoms with Crippen molar-refractivity contribution in [3.05, 3.63) is 54.1 Å². The summed E-state index contributed by atoms with van der Waals surface area (Å²) in [6, 6.07) is 9.75. The molecule has 6 heteroatoms. The van der Waals surface area contributed by atoms with E-state index in [9.17, 15) is 4.79 Å². The first-order valence-electron chi connectivity index (χ1n) is 8.73. The summed E-state index contributed by atoms with van der Waals surface area (Å²) in [5.41, 5.74) is 1.000. The third-order valence-corrected chi connectivity index (χ3v) is 4.53. The lowest BCUT2D eigenvalue weighted by atomic mass is 9.97. The van der Waals surface area contributed by atoms with Crippen LogP contribution in [0.3, 0.4) is 0 Å². The van der Waals surface area contributed by atoms with Crippen molar-refractivity contribution in [2.75, 3.05) is 26.8 Å². The summed E-state index contributed by atoms with van der Waals surface area (Å²) in [7, 11) is 1.70. The SMILES string of the molecule is COCCn1ccnc1[C@@H]1CCCN(C(=O)OCc2ccccc2)C1. The van der Waals surface area contributed by atoms with Crippen molar-refractivity contribution in [2.24, 2.45) is 0 Å². The zero-order chi connectivity index (χ0) is 17.5. The molecule has 0 N–H and O–H groups in total. The van der Waals surface area contributed by atoms with E-state index in [-0.39, 0.29) is 12.0 Å². The minimum atomic E-state index is -0.247. The van der Waals surface area contributed by atoms with E-state index in [4.69, 9.17) is 9.47 Å². The van der Waals surface area contributed by atoms with E-state index in [1.165, 1.54) is 0 Å². The van der Waals surface area contributed by atoms with E-state index in [2.05, 4.69) is 9.55 Å². The average Bonchev–Trinajstić information content (AvgIpc) is 3.14. The number of likely N-dealkylation sites (tertiary alicyclic amines) is 1. The molecule has 0 aliphatic carbocycles.